The number of likely N-dealkylation sites (N-methyl/N-ethyl adjacent to an activating group) is 1. The zero-order valence-corrected chi connectivity index (χ0v) is 11.5. The molecule has 1 aromatic rings. The van der Waals surface area contributed by atoms with Crippen molar-refractivity contribution in [3.63, 3.8) is 0 Å². The summed E-state index contributed by atoms with van der Waals surface area (Å²) in [5.41, 5.74) is 0.928. The van der Waals surface area contributed by atoms with Gasteiger partial charge in [-0.3, -0.25) is 4.79 Å². The highest BCUT2D eigenvalue weighted by molar-refractivity contribution is 5.78. The zero-order chi connectivity index (χ0) is 13.8. The summed E-state index contributed by atoms with van der Waals surface area (Å²) >= 11 is 0. The summed E-state index contributed by atoms with van der Waals surface area (Å²) in [5.74, 6) is 1.17. The number of nitrogens with zero attached hydrogens (tertiary/aromatic N) is 1. The molecular weight excluding hydrogens is 242 g/mol. The molecule has 1 aliphatic carbocycles. The van der Waals surface area contributed by atoms with Gasteiger partial charge in [0.25, 0.3) is 0 Å². The molecule has 0 bridgehead atoms. The normalized spacial score (nSPS) is 15.9. The molecule has 1 aliphatic rings. The van der Waals surface area contributed by atoms with Gasteiger partial charge in [0.2, 0.25) is 5.91 Å². The van der Waals surface area contributed by atoms with Gasteiger partial charge >= 0.3 is 0 Å². The van der Waals surface area contributed by atoms with Gasteiger partial charge in [0.15, 0.2) is 0 Å². The van der Waals surface area contributed by atoms with Crippen molar-refractivity contribution in [2.45, 2.75) is 25.4 Å². The second kappa shape index (κ2) is 6.06. The van der Waals surface area contributed by atoms with Crippen molar-refractivity contribution >= 4 is 5.91 Å². The van der Waals surface area contributed by atoms with Crippen molar-refractivity contribution in [3.8, 4) is 5.75 Å². The standard InChI is InChI=1S/C15H21NO3/c1-16(10-14(17)12-6-7-12)15(18)9-11-4-3-5-13(8-11)19-2/h3-5,8,12,14,17H,6-7,9-10H2,1-2H3. The van der Waals surface area contributed by atoms with Gasteiger partial charge in [0.1, 0.15) is 5.75 Å². The Hall–Kier alpha value is -1.55. The highest BCUT2D eigenvalue weighted by Crippen LogP contribution is 2.32. The monoisotopic (exact) mass is 263 g/mol. The molecule has 4 nitrogen and oxygen atoms in total. The lowest BCUT2D eigenvalue weighted by molar-refractivity contribution is -0.130. The molecule has 2 rings (SSSR count). The molecule has 1 N–H and O–H groups in total. The van der Waals surface area contributed by atoms with Gasteiger partial charge < -0.3 is 14.7 Å². The van der Waals surface area contributed by atoms with E-state index in [0.29, 0.717) is 18.9 Å². The molecule has 1 aromatic carbocycles. The number of rotatable bonds is 6. The maximum Gasteiger partial charge on any atom is 0.226 e. The molecule has 104 valence electrons. The minimum atomic E-state index is -0.376. The molecule has 1 fully saturated rings. The van der Waals surface area contributed by atoms with Crippen molar-refractivity contribution in [1.82, 2.24) is 4.90 Å². The summed E-state index contributed by atoms with van der Waals surface area (Å²) in [6.07, 6.45) is 2.13. The molecular formula is C15H21NO3. The Morgan fingerprint density at radius 3 is 2.89 bits per heavy atom. The minimum Gasteiger partial charge on any atom is -0.497 e. The van der Waals surface area contributed by atoms with Crippen molar-refractivity contribution < 1.29 is 14.6 Å². The Labute approximate surface area is 114 Å². The second-order valence-electron chi connectivity index (χ2n) is 5.21. The first-order valence-electron chi connectivity index (χ1n) is 6.65. The predicted octanol–water partition coefficient (Wildman–Crippen LogP) is 1.47. The molecule has 1 atom stereocenters. The van der Waals surface area contributed by atoms with Crippen LogP contribution in [0.25, 0.3) is 0 Å². The average molecular weight is 263 g/mol. The highest BCUT2D eigenvalue weighted by Gasteiger charge is 2.31. The molecule has 0 aromatic heterocycles. The van der Waals surface area contributed by atoms with Crippen LogP contribution in [0.15, 0.2) is 24.3 Å². The highest BCUT2D eigenvalue weighted by atomic mass is 16.5. The van der Waals surface area contributed by atoms with Gasteiger partial charge in [0, 0.05) is 13.6 Å². The Bertz CT molecular complexity index is 443. The van der Waals surface area contributed by atoms with Crippen LogP contribution in [0.1, 0.15) is 18.4 Å². The third-order valence-electron chi connectivity index (χ3n) is 3.54. The van der Waals surface area contributed by atoms with Gasteiger partial charge in [-0.25, -0.2) is 0 Å². The van der Waals surface area contributed by atoms with E-state index in [1.54, 1.807) is 19.1 Å². The van der Waals surface area contributed by atoms with Crippen molar-refractivity contribution in [2.24, 2.45) is 5.92 Å². The smallest absolute Gasteiger partial charge is 0.226 e. The van der Waals surface area contributed by atoms with Crippen molar-refractivity contribution in [1.29, 1.82) is 0 Å². The number of ether oxygens (including phenoxy) is 1. The molecule has 0 saturated heterocycles. The fourth-order valence-corrected chi connectivity index (χ4v) is 2.10. The van der Waals surface area contributed by atoms with E-state index in [0.717, 1.165) is 24.2 Å². The van der Waals surface area contributed by atoms with Gasteiger partial charge in [-0.15, -0.1) is 0 Å². The Morgan fingerprint density at radius 1 is 1.53 bits per heavy atom. The molecule has 1 saturated carbocycles. The molecule has 0 aliphatic heterocycles. The number of aliphatic hydroxyl groups excluding tert-OH is 1. The molecule has 1 unspecified atom stereocenters. The third kappa shape index (κ3) is 3.96. The fraction of sp³-hybridized carbons (Fsp3) is 0.533. The SMILES string of the molecule is COc1cccc(CC(=O)N(C)CC(O)C2CC2)c1. The van der Waals surface area contributed by atoms with E-state index in [9.17, 15) is 9.90 Å². The Morgan fingerprint density at radius 2 is 2.26 bits per heavy atom. The fourth-order valence-electron chi connectivity index (χ4n) is 2.10. The summed E-state index contributed by atoms with van der Waals surface area (Å²) in [7, 11) is 3.35. The number of hydrogen-bond acceptors (Lipinski definition) is 3. The summed E-state index contributed by atoms with van der Waals surface area (Å²) < 4.78 is 5.14. The Balaban J connectivity index is 1.88. The summed E-state index contributed by atoms with van der Waals surface area (Å²) in [6, 6.07) is 7.50. The van der Waals surface area contributed by atoms with Gasteiger partial charge in [-0.05, 0) is 36.5 Å². The summed E-state index contributed by atoms with van der Waals surface area (Å²) in [5, 5.41) is 9.84. The van der Waals surface area contributed by atoms with E-state index >= 15 is 0 Å². The molecule has 0 spiro atoms. The second-order valence-corrected chi connectivity index (χ2v) is 5.21. The van der Waals surface area contributed by atoms with E-state index < -0.39 is 0 Å². The van der Waals surface area contributed by atoms with Gasteiger partial charge in [-0.1, -0.05) is 12.1 Å². The summed E-state index contributed by atoms with van der Waals surface area (Å²) in [4.78, 5) is 13.7. The van der Waals surface area contributed by atoms with Crippen LogP contribution in [0, 0.1) is 5.92 Å². The molecule has 1 amide bonds. The number of hydrogen-bond donors (Lipinski definition) is 1. The Kier molecular flexibility index (Phi) is 4.43. The van der Waals surface area contributed by atoms with E-state index in [2.05, 4.69) is 0 Å². The molecule has 0 radical (unpaired) electrons. The lowest BCUT2D eigenvalue weighted by Crippen LogP contribution is -2.36. The lowest BCUT2D eigenvalue weighted by atomic mass is 10.1. The zero-order valence-electron chi connectivity index (χ0n) is 11.5. The van der Waals surface area contributed by atoms with E-state index in [1.807, 2.05) is 24.3 Å². The molecule has 0 heterocycles. The van der Waals surface area contributed by atoms with Crippen LogP contribution in [-0.4, -0.2) is 42.7 Å². The maximum atomic E-state index is 12.1. The van der Waals surface area contributed by atoms with E-state index in [-0.39, 0.29) is 12.0 Å². The van der Waals surface area contributed by atoms with Gasteiger partial charge in [-0.2, -0.15) is 0 Å². The first-order chi connectivity index (χ1) is 9.10. The van der Waals surface area contributed by atoms with Crippen LogP contribution in [0.2, 0.25) is 0 Å². The largest absolute Gasteiger partial charge is 0.497 e. The van der Waals surface area contributed by atoms with E-state index in [1.165, 1.54) is 0 Å². The van der Waals surface area contributed by atoms with Crippen molar-refractivity contribution in [2.75, 3.05) is 20.7 Å². The number of amides is 1. The lowest BCUT2D eigenvalue weighted by Gasteiger charge is -2.20. The number of carbonyl (C=O) groups excluding carboxylic acids is 1. The maximum absolute atomic E-state index is 12.1. The van der Waals surface area contributed by atoms with Crippen LogP contribution in [0.3, 0.4) is 0 Å². The van der Waals surface area contributed by atoms with Crippen LogP contribution in [-0.2, 0) is 11.2 Å². The first-order valence-corrected chi connectivity index (χ1v) is 6.65. The van der Waals surface area contributed by atoms with Gasteiger partial charge in [0.05, 0.1) is 19.6 Å². The quantitative estimate of drug-likeness (QED) is 0.845. The average Bonchev–Trinajstić information content (AvgIpc) is 3.23. The first kappa shape index (κ1) is 13.9. The molecule has 19 heavy (non-hydrogen) atoms. The topological polar surface area (TPSA) is 49.8 Å². The number of methoxy groups -OCH3 is 1. The summed E-state index contributed by atoms with van der Waals surface area (Å²) in [6.45, 7) is 0.424. The number of aliphatic hydroxyl groups is 1. The van der Waals surface area contributed by atoms with E-state index in [4.69, 9.17) is 4.74 Å². The van der Waals surface area contributed by atoms with Crippen LogP contribution < -0.4 is 4.74 Å². The molecule has 4 heteroatoms. The van der Waals surface area contributed by atoms with Crippen LogP contribution in [0.5, 0.6) is 5.75 Å². The number of carbonyl (C=O) groups is 1. The third-order valence-corrected chi connectivity index (χ3v) is 3.54. The van der Waals surface area contributed by atoms with Crippen molar-refractivity contribution in [3.05, 3.63) is 29.8 Å². The minimum absolute atomic E-state index is 0.0213. The van der Waals surface area contributed by atoms with Crippen LogP contribution >= 0.6 is 0 Å². The number of benzene rings is 1. The predicted molar refractivity (Wildman–Crippen MR) is 73.1 cm³/mol. The van der Waals surface area contributed by atoms with Crippen LogP contribution in [0.4, 0.5) is 0 Å².